The van der Waals surface area contributed by atoms with Gasteiger partial charge in [-0.25, -0.2) is 0 Å². The third-order valence-corrected chi connectivity index (χ3v) is 3.35. The normalized spacial score (nSPS) is 12.0. The molecule has 0 bridgehead atoms. The third kappa shape index (κ3) is 5.98. The molecule has 1 unspecified atom stereocenters. The monoisotopic (exact) mass is 290 g/mol. The summed E-state index contributed by atoms with van der Waals surface area (Å²) in [6.45, 7) is 7.41. The highest BCUT2D eigenvalue weighted by atomic mass is 16.2. The van der Waals surface area contributed by atoms with Crippen LogP contribution in [0.15, 0.2) is 24.3 Å². The zero-order chi connectivity index (χ0) is 15.8. The molecule has 21 heavy (non-hydrogen) atoms. The zero-order valence-electron chi connectivity index (χ0n) is 13.4. The molecule has 0 saturated carbocycles. The summed E-state index contributed by atoms with van der Waals surface area (Å²) >= 11 is 0. The van der Waals surface area contributed by atoms with Crippen molar-refractivity contribution in [1.82, 2.24) is 5.32 Å². The smallest absolute Gasteiger partial charge is 0.247 e. The van der Waals surface area contributed by atoms with Crippen LogP contribution in [-0.4, -0.2) is 17.9 Å². The molecule has 1 atom stereocenters. The first-order valence-corrected chi connectivity index (χ1v) is 7.61. The van der Waals surface area contributed by atoms with Crippen molar-refractivity contribution in [2.24, 2.45) is 5.92 Å². The van der Waals surface area contributed by atoms with Crippen molar-refractivity contribution in [2.75, 3.05) is 5.32 Å². The maximum absolute atomic E-state index is 12.2. The number of carbonyl (C=O) groups is 2. The summed E-state index contributed by atoms with van der Waals surface area (Å²) in [5.41, 5.74) is 2.04. The van der Waals surface area contributed by atoms with Crippen molar-refractivity contribution in [2.45, 2.75) is 53.0 Å². The van der Waals surface area contributed by atoms with Crippen LogP contribution in [0.25, 0.3) is 0 Å². The Kier molecular flexibility index (Phi) is 6.92. The molecule has 0 aromatic heterocycles. The Labute approximate surface area is 127 Å². The first-order valence-electron chi connectivity index (χ1n) is 7.61. The highest BCUT2D eigenvalue weighted by molar-refractivity contribution is 5.97. The minimum atomic E-state index is -0.512. The first kappa shape index (κ1) is 17.2. The number of rotatable bonds is 7. The Bertz CT molecular complexity index is 466. The number of nitrogens with one attached hydrogen (secondary N) is 2. The number of amides is 2. The van der Waals surface area contributed by atoms with Crippen LogP contribution in [-0.2, 0) is 16.0 Å². The van der Waals surface area contributed by atoms with E-state index >= 15 is 0 Å². The second-order valence-electron chi connectivity index (χ2n) is 5.71. The van der Waals surface area contributed by atoms with E-state index in [1.165, 1.54) is 25.3 Å². The molecule has 4 nitrogen and oxygen atoms in total. The Hall–Kier alpha value is -1.84. The second-order valence-corrected chi connectivity index (χ2v) is 5.71. The van der Waals surface area contributed by atoms with Crippen molar-refractivity contribution in [3.05, 3.63) is 29.8 Å². The van der Waals surface area contributed by atoms with Crippen LogP contribution in [0.2, 0.25) is 0 Å². The van der Waals surface area contributed by atoms with Gasteiger partial charge in [-0.2, -0.15) is 0 Å². The lowest BCUT2D eigenvalue weighted by molar-refractivity contribution is -0.126. The van der Waals surface area contributed by atoms with E-state index in [1.54, 1.807) is 0 Å². The van der Waals surface area contributed by atoms with Crippen molar-refractivity contribution >= 4 is 17.5 Å². The fourth-order valence-corrected chi connectivity index (χ4v) is 2.11. The molecule has 116 valence electrons. The Morgan fingerprint density at radius 3 is 2.24 bits per heavy atom. The second kappa shape index (κ2) is 8.45. The van der Waals surface area contributed by atoms with Gasteiger partial charge in [0, 0.05) is 12.6 Å². The molecular formula is C17H26N2O2. The average Bonchev–Trinajstić information content (AvgIpc) is 2.43. The summed E-state index contributed by atoms with van der Waals surface area (Å²) in [7, 11) is 0. The Morgan fingerprint density at radius 1 is 1.14 bits per heavy atom. The summed E-state index contributed by atoms with van der Waals surface area (Å²) < 4.78 is 0. The van der Waals surface area contributed by atoms with Crippen molar-refractivity contribution in [1.29, 1.82) is 0 Å². The predicted octanol–water partition coefficient (Wildman–Crippen LogP) is 3.13. The summed E-state index contributed by atoms with van der Waals surface area (Å²) in [6, 6.07) is 7.38. The van der Waals surface area contributed by atoms with Gasteiger partial charge in [0.25, 0.3) is 0 Å². The minimum absolute atomic E-state index is 0.0396. The summed E-state index contributed by atoms with van der Waals surface area (Å²) in [6.07, 6.45) is 3.40. The predicted molar refractivity (Wildman–Crippen MR) is 86.1 cm³/mol. The van der Waals surface area contributed by atoms with E-state index in [1.807, 2.05) is 38.1 Å². The van der Waals surface area contributed by atoms with Gasteiger partial charge in [0.1, 0.15) is 6.04 Å². The number of hydrogen-bond acceptors (Lipinski definition) is 2. The fourth-order valence-electron chi connectivity index (χ4n) is 2.11. The van der Waals surface area contributed by atoms with Crippen LogP contribution in [0.3, 0.4) is 0 Å². The molecule has 0 aliphatic carbocycles. The molecule has 2 N–H and O–H groups in total. The quantitative estimate of drug-likeness (QED) is 0.810. The highest BCUT2D eigenvalue weighted by Crippen LogP contribution is 2.13. The fraction of sp³-hybridized carbons (Fsp3) is 0.529. The van der Waals surface area contributed by atoms with Crippen molar-refractivity contribution in [3.8, 4) is 0 Å². The summed E-state index contributed by atoms with van der Waals surface area (Å²) in [4.78, 5) is 23.4. The van der Waals surface area contributed by atoms with E-state index in [0.29, 0.717) is 0 Å². The van der Waals surface area contributed by atoms with Gasteiger partial charge in [0.2, 0.25) is 11.8 Å². The molecule has 0 saturated heterocycles. The van der Waals surface area contributed by atoms with Crippen LogP contribution in [0.5, 0.6) is 0 Å². The van der Waals surface area contributed by atoms with Crippen LogP contribution in [0, 0.1) is 5.92 Å². The van der Waals surface area contributed by atoms with E-state index in [2.05, 4.69) is 17.6 Å². The standard InChI is InChI=1S/C17H26N2O2/c1-5-6-7-14-8-10-15(11-9-14)19-17(21)16(12(2)3)18-13(4)20/h8-12,16H,5-7H2,1-4H3,(H,18,20)(H,19,21). The molecule has 0 heterocycles. The van der Waals surface area contributed by atoms with Gasteiger partial charge in [0.05, 0.1) is 0 Å². The lowest BCUT2D eigenvalue weighted by Crippen LogP contribution is -2.46. The zero-order valence-corrected chi connectivity index (χ0v) is 13.4. The van der Waals surface area contributed by atoms with Gasteiger partial charge < -0.3 is 10.6 Å². The first-order chi connectivity index (χ1) is 9.93. The van der Waals surface area contributed by atoms with E-state index in [9.17, 15) is 9.59 Å². The van der Waals surface area contributed by atoms with E-state index in [4.69, 9.17) is 0 Å². The van der Waals surface area contributed by atoms with Crippen LogP contribution in [0.1, 0.15) is 46.1 Å². The molecule has 1 rings (SSSR count). The Morgan fingerprint density at radius 2 is 1.76 bits per heavy atom. The van der Waals surface area contributed by atoms with Gasteiger partial charge in [0.15, 0.2) is 0 Å². The number of carbonyl (C=O) groups excluding carboxylic acids is 2. The minimum Gasteiger partial charge on any atom is -0.344 e. The molecular weight excluding hydrogens is 264 g/mol. The van der Waals surface area contributed by atoms with Gasteiger partial charge in [-0.3, -0.25) is 9.59 Å². The average molecular weight is 290 g/mol. The van der Waals surface area contributed by atoms with E-state index in [0.717, 1.165) is 12.1 Å². The van der Waals surface area contributed by atoms with Crippen LogP contribution in [0.4, 0.5) is 5.69 Å². The summed E-state index contributed by atoms with van der Waals surface area (Å²) in [5.74, 6) is -0.335. The van der Waals surface area contributed by atoms with Crippen molar-refractivity contribution < 1.29 is 9.59 Å². The number of unbranched alkanes of at least 4 members (excludes halogenated alkanes) is 1. The SMILES string of the molecule is CCCCc1ccc(NC(=O)C(NC(C)=O)C(C)C)cc1. The largest absolute Gasteiger partial charge is 0.344 e. The van der Waals surface area contributed by atoms with Gasteiger partial charge in [-0.1, -0.05) is 39.3 Å². The van der Waals surface area contributed by atoms with Crippen molar-refractivity contribution in [3.63, 3.8) is 0 Å². The van der Waals surface area contributed by atoms with Gasteiger partial charge in [-0.05, 0) is 36.5 Å². The van der Waals surface area contributed by atoms with Gasteiger partial charge >= 0.3 is 0 Å². The molecule has 2 amide bonds. The molecule has 0 aliphatic heterocycles. The maximum atomic E-state index is 12.2. The third-order valence-electron chi connectivity index (χ3n) is 3.35. The van der Waals surface area contributed by atoms with E-state index < -0.39 is 6.04 Å². The Balaban J connectivity index is 2.66. The van der Waals surface area contributed by atoms with Crippen LogP contribution < -0.4 is 10.6 Å². The molecule has 4 heteroatoms. The highest BCUT2D eigenvalue weighted by Gasteiger charge is 2.22. The number of anilines is 1. The molecule has 0 fully saturated rings. The number of aryl methyl sites for hydroxylation is 1. The topological polar surface area (TPSA) is 58.2 Å². The lowest BCUT2D eigenvalue weighted by Gasteiger charge is -2.21. The molecule has 0 spiro atoms. The van der Waals surface area contributed by atoms with Gasteiger partial charge in [-0.15, -0.1) is 0 Å². The van der Waals surface area contributed by atoms with E-state index in [-0.39, 0.29) is 17.7 Å². The molecule has 1 aromatic carbocycles. The number of benzene rings is 1. The maximum Gasteiger partial charge on any atom is 0.247 e. The lowest BCUT2D eigenvalue weighted by atomic mass is 10.0. The molecule has 0 radical (unpaired) electrons. The molecule has 0 aliphatic rings. The molecule has 1 aromatic rings. The van der Waals surface area contributed by atoms with Crippen LogP contribution >= 0.6 is 0 Å². The number of hydrogen-bond donors (Lipinski definition) is 2. The summed E-state index contributed by atoms with van der Waals surface area (Å²) in [5, 5.41) is 5.55.